The molecule has 6 aromatic rings. The number of esters is 2. The van der Waals surface area contributed by atoms with Crippen molar-refractivity contribution in [3.63, 3.8) is 0 Å². The van der Waals surface area contributed by atoms with Crippen LogP contribution in [0.15, 0.2) is 142 Å². The SMILES string of the molecule is O=C(CCC(=O)OCC1(COC2(c3ccc(Cl)cc3)c3c(Cl)cccc3C(=O)N2Cc2ccc(Br)cc2)CC1)OCC1(COC2(c3ccc(Cl)cc3)c3c(Cl)cccc3C(=O)N2Cc2ccc(Br)cc2)CC1. The van der Waals surface area contributed by atoms with E-state index in [4.69, 9.17) is 65.4 Å². The van der Waals surface area contributed by atoms with Gasteiger partial charge in [-0.2, -0.15) is 0 Å². The lowest BCUT2D eigenvalue weighted by molar-refractivity contribution is -0.157. The molecule has 370 valence electrons. The van der Waals surface area contributed by atoms with E-state index in [-0.39, 0.29) is 64.2 Å². The smallest absolute Gasteiger partial charge is 0.306 e. The van der Waals surface area contributed by atoms with Gasteiger partial charge in [-0.15, -0.1) is 0 Å². The standard InChI is InChI=1S/C56H46Br2Cl4N2O8/c57-39-15-7-35(8-16-39)29-63-51(67)43-3-1-5-45(61)49(43)55(63,37-11-19-41(59)20-12-37)71-33-53(25-26-53)31-69-47(65)23-24-48(66)70-32-54(27-28-54)34-72-56(38-13-21-42(60)22-14-38)50-44(4-2-6-46(50)62)52(68)64(56)30-36-9-17-40(58)18-10-36/h1-22H,23-34H2. The van der Waals surface area contributed by atoms with E-state index in [0.717, 1.165) is 20.1 Å². The Bertz CT molecular complexity index is 2860. The second kappa shape index (κ2) is 20.5. The van der Waals surface area contributed by atoms with Gasteiger partial charge in [0.25, 0.3) is 11.8 Å². The molecule has 4 aliphatic rings. The van der Waals surface area contributed by atoms with Crippen LogP contribution in [0.25, 0.3) is 0 Å². The number of carbonyl (C=O) groups is 4. The summed E-state index contributed by atoms with van der Waals surface area (Å²) in [5.41, 5.74) is 1.09. The molecule has 2 atom stereocenters. The van der Waals surface area contributed by atoms with Gasteiger partial charge in [0, 0.05) is 86.3 Å². The van der Waals surface area contributed by atoms with Crippen molar-refractivity contribution in [3.05, 3.63) is 207 Å². The highest BCUT2D eigenvalue weighted by Gasteiger charge is 2.58. The van der Waals surface area contributed by atoms with Crippen molar-refractivity contribution in [2.24, 2.45) is 10.8 Å². The zero-order valence-electron chi connectivity index (χ0n) is 38.6. The minimum atomic E-state index is -1.43. The number of hydrogen-bond acceptors (Lipinski definition) is 8. The Labute approximate surface area is 454 Å². The average molecular weight is 1180 g/mol. The molecule has 0 spiro atoms. The lowest BCUT2D eigenvalue weighted by atomic mass is 9.92. The van der Waals surface area contributed by atoms with Gasteiger partial charge in [-0.3, -0.25) is 29.0 Å². The van der Waals surface area contributed by atoms with Crippen LogP contribution in [-0.2, 0) is 53.1 Å². The summed E-state index contributed by atoms with van der Waals surface area (Å²) in [6, 6.07) is 40.3. The Kier molecular flexibility index (Phi) is 14.5. The van der Waals surface area contributed by atoms with Crippen LogP contribution in [0.3, 0.4) is 0 Å². The molecule has 0 aromatic heterocycles. The van der Waals surface area contributed by atoms with Crippen LogP contribution in [0.1, 0.15) is 92.6 Å². The predicted octanol–water partition coefficient (Wildman–Crippen LogP) is 13.7. The van der Waals surface area contributed by atoms with Gasteiger partial charge >= 0.3 is 11.9 Å². The zero-order valence-corrected chi connectivity index (χ0v) is 44.8. The molecule has 10 rings (SSSR count). The molecule has 0 radical (unpaired) electrons. The summed E-state index contributed by atoms with van der Waals surface area (Å²) in [7, 11) is 0. The van der Waals surface area contributed by atoms with Crippen LogP contribution >= 0.6 is 78.3 Å². The van der Waals surface area contributed by atoms with Crippen molar-refractivity contribution in [2.75, 3.05) is 26.4 Å². The van der Waals surface area contributed by atoms with Gasteiger partial charge in [0.05, 0.1) is 39.3 Å². The highest BCUT2D eigenvalue weighted by Crippen LogP contribution is 2.55. The maximum atomic E-state index is 14.4. The first kappa shape index (κ1) is 50.8. The van der Waals surface area contributed by atoms with Crippen LogP contribution in [0, 0.1) is 10.8 Å². The fourth-order valence-corrected chi connectivity index (χ4v) is 11.0. The minimum Gasteiger partial charge on any atom is -0.465 e. The van der Waals surface area contributed by atoms with Gasteiger partial charge in [-0.25, -0.2) is 0 Å². The Morgan fingerprint density at radius 3 is 1.19 bits per heavy atom. The molecule has 16 heteroatoms. The third-order valence-electron chi connectivity index (χ3n) is 14.1. The van der Waals surface area contributed by atoms with E-state index in [9.17, 15) is 19.2 Å². The topological polar surface area (TPSA) is 112 Å². The maximum Gasteiger partial charge on any atom is 0.306 e. The van der Waals surface area contributed by atoms with Crippen LogP contribution in [0.2, 0.25) is 20.1 Å². The summed E-state index contributed by atoms with van der Waals surface area (Å²) >= 11 is 33.7. The van der Waals surface area contributed by atoms with Crippen molar-refractivity contribution in [3.8, 4) is 0 Å². The summed E-state index contributed by atoms with van der Waals surface area (Å²) in [4.78, 5) is 58.7. The molecule has 2 fully saturated rings. The normalized spacial score (nSPS) is 20.0. The molecular formula is C56H46Br2Cl4N2O8. The van der Waals surface area contributed by atoms with Crippen LogP contribution < -0.4 is 0 Å². The van der Waals surface area contributed by atoms with Crippen molar-refractivity contribution < 1.29 is 38.1 Å². The van der Waals surface area contributed by atoms with Gasteiger partial charge in [0.1, 0.15) is 0 Å². The van der Waals surface area contributed by atoms with Crippen molar-refractivity contribution >= 4 is 102 Å². The first-order chi connectivity index (χ1) is 34.6. The number of fused-ring (bicyclic) bond motifs is 2. The van der Waals surface area contributed by atoms with Gasteiger partial charge < -0.3 is 18.9 Å². The number of amides is 2. The van der Waals surface area contributed by atoms with E-state index >= 15 is 0 Å². The van der Waals surface area contributed by atoms with Crippen molar-refractivity contribution in [1.82, 2.24) is 9.80 Å². The Morgan fingerprint density at radius 1 is 0.486 bits per heavy atom. The summed E-state index contributed by atoms with van der Waals surface area (Å²) < 4.78 is 27.6. The largest absolute Gasteiger partial charge is 0.465 e. The minimum absolute atomic E-state index is 0.0535. The molecule has 2 unspecified atom stereocenters. The molecule has 2 aliphatic carbocycles. The molecule has 2 amide bonds. The molecule has 0 saturated heterocycles. The Hall–Kier alpha value is -4.76. The number of benzene rings is 6. The number of hydrogen-bond donors (Lipinski definition) is 0. The van der Waals surface area contributed by atoms with Crippen molar-refractivity contribution in [1.29, 1.82) is 0 Å². The molecule has 2 aliphatic heterocycles. The maximum absolute atomic E-state index is 14.4. The molecule has 0 N–H and O–H groups in total. The number of carbonyl (C=O) groups excluding carboxylic acids is 4. The summed E-state index contributed by atoms with van der Waals surface area (Å²) in [5, 5.41) is 1.79. The van der Waals surface area contributed by atoms with E-state index in [2.05, 4.69) is 31.9 Å². The monoisotopic (exact) mass is 1170 g/mol. The Balaban J connectivity index is 0.790. The van der Waals surface area contributed by atoms with E-state index in [1.54, 1.807) is 70.5 Å². The molecule has 72 heavy (non-hydrogen) atoms. The number of nitrogens with zero attached hydrogens (tertiary/aromatic N) is 2. The fraction of sp³-hybridized carbons (Fsp3) is 0.286. The van der Waals surface area contributed by atoms with E-state index in [1.807, 2.05) is 72.8 Å². The van der Waals surface area contributed by atoms with E-state index < -0.39 is 34.2 Å². The lowest BCUT2D eigenvalue weighted by Gasteiger charge is -2.41. The van der Waals surface area contributed by atoms with Gasteiger partial charge in [-0.05, 0) is 110 Å². The molecule has 2 heterocycles. The highest BCUT2D eigenvalue weighted by molar-refractivity contribution is 9.10. The molecule has 0 bridgehead atoms. The summed E-state index contributed by atoms with van der Waals surface area (Å²) in [6.07, 6.45) is 2.49. The third kappa shape index (κ3) is 9.98. The first-order valence-electron chi connectivity index (χ1n) is 23.5. The van der Waals surface area contributed by atoms with E-state index in [1.165, 1.54) is 0 Å². The van der Waals surface area contributed by atoms with Gasteiger partial charge in [0.2, 0.25) is 0 Å². The van der Waals surface area contributed by atoms with Gasteiger partial charge in [-0.1, -0.05) is 139 Å². The molecule has 6 aromatic carbocycles. The third-order valence-corrected chi connectivity index (χ3v) is 16.3. The van der Waals surface area contributed by atoms with Crippen LogP contribution in [0.4, 0.5) is 0 Å². The molecule has 2 saturated carbocycles. The lowest BCUT2D eigenvalue weighted by Crippen LogP contribution is -2.47. The van der Waals surface area contributed by atoms with E-state index in [0.29, 0.717) is 79.2 Å². The average Bonchev–Trinajstić information content (AvgIpc) is 4.31. The van der Waals surface area contributed by atoms with Crippen LogP contribution in [0.5, 0.6) is 0 Å². The first-order valence-corrected chi connectivity index (χ1v) is 26.6. The zero-order chi connectivity index (χ0) is 50.4. The quantitative estimate of drug-likeness (QED) is 0.0737. The number of ether oxygens (including phenoxy) is 4. The summed E-state index contributed by atoms with van der Waals surface area (Å²) in [5.74, 6) is -1.58. The molecule has 10 nitrogen and oxygen atoms in total. The second-order valence-electron chi connectivity index (χ2n) is 19.1. The van der Waals surface area contributed by atoms with Crippen molar-refractivity contribution in [2.45, 2.75) is 63.1 Å². The molecular weight excluding hydrogens is 1130 g/mol. The van der Waals surface area contributed by atoms with Crippen LogP contribution in [-0.4, -0.2) is 60.0 Å². The summed E-state index contributed by atoms with van der Waals surface area (Å²) in [6.45, 7) is 0.809. The Morgan fingerprint density at radius 2 is 0.847 bits per heavy atom. The fourth-order valence-electron chi connectivity index (χ4n) is 9.62. The second-order valence-corrected chi connectivity index (χ2v) is 22.6. The van der Waals surface area contributed by atoms with Gasteiger partial charge in [0.15, 0.2) is 11.4 Å². The predicted molar refractivity (Wildman–Crippen MR) is 282 cm³/mol. The number of rotatable bonds is 19. The number of halogens is 6. The highest BCUT2D eigenvalue weighted by atomic mass is 79.9.